The van der Waals surface area contributed by atoms with Gasteiger partial charge in [-0.1, -0.05) is 11.6 Å². The highest BCUT2D eigenvalue weighted by Crippen LogP contribution is 2.48. The van der Waals surface area contributed by atoms with Gasteiger partial charge in [0.25, 0.3) is 0 Å². The summed E-state index contributed by atoms with van der Waals surface area (Å²) >= 11 is 5.79. The molecule has 1 amide bonds. The lowest BCUT2D eigenvalue weighted by Crippen LogP contribution is -2.28. The number of rotatable bonds is 3. The Kier molecular flexibility index (Phi) is 2.79. The minimum absolute atomic E-state index is 0.0564. The summed E-state index contributed by atoms with van der Waals surface area (Å²) in [5, 5.41) is 0.0564. The third-order valence-corrected chi connectivity index (χ3v) is 3.32. The number of nitrogens with two attached hydrogens (primary N) is 1. The molecule has 0 bridgehead atoms. The fraction of sp³-hybridized carbons (Fsp3) is 0.364. The summed E-state index contributed by atoms with van der Waals surface area (Å²) in [4.78, 5) is 26.7. The van der Waals surface area contributed by atoms with Crippen molar-refractivity contribution in [2.45, 2.75) is 18.3 Å². The van der Waals surface area contributed by atoms with Crippen molar-refractivity contribution in [3.05, 3.63) is 28.5 Å². The molecule has 1 aromatic heterocycles. The lowest BCUT2D eigenvalue weighted by atomic mass is 9.96. The molecular weight excluding hydrogens is 244 g/mol. The Labute approximate surface area is 103 Å². The molecule has 17 heavy (non-hydrogen) atoms. The van der Waals surface area contributed by atoms with Crippen molar-refractivity contribution >= 4 is 23.5 Å². The van der Waals surface area contributed by atoms with Crippen LogP contribution in [0.1, 0.15) is 28.8 Å². The molecule has 1 fully saturated rings. The van der Waals surface area contributed by atoms with Crippen LogP contribution in [0.25, 0.3) is 0 Å². The van der Waals surface area contributed by atoms with Gasteiger partial charge in [-0.25, -0.2) is 9.78 Å². The van der Waals surface area contributed by atoms with Crippen molar-refractivity contribution in [3.8, 4) is 0 Å². The molecule has 1 heterocycles. The first-order chi connectivity index (χ1) is 8.01. The second kappa shape index (κ2) is 4.00. The van der Waals surface area contributed by atoms with Gasteiger partial charge in [-0.05, 0) is 24.5 Å². The number of carbonyl (C=O) groups is 2. The maximum absolute atomic E-state index is 11.4. The van der Waals surface area contributed by atoms with Crippen LogP contribution in [0.5, 0.6) is 0 Å². The molecule has 1 aliphatic carbocycles. The van der Waals surface area contributed by atoms with Gasteiger partial charge in [0.15, 0.2) is 0 Å². The van der Waals surface area contributed by atoms with Gasteiger partial charge in [-0.3, -0.25) is 4.79 Å². The highest BCUT2D eigenvalue weighted by molar-refractivity contribution is 6.32. The zero-order valence-corrected chi connectivity index (χ0v) is 9.95. The Balaban J connectivity index is 2.45. The molecular formula is C11H11ClN2O3. The van der Waals surface area contributed by atoms with Crippen molar-refractivity contribution in [3.63, 3.8) is 0 Å². The highest BCUT2D eigenvalue weighted by Gasteiger charge is 2.50. The summed E-state index contributed by atoms with van der Waals surface area (Å²) < 4.78 is 4.59. The van der Waals surface area contributed by atoms with Gasteiger partial charge < -0.3 is 10.5 Å². The summed E-state index contributed by atoms with van der Waals surface area (Å²) in [6.45, 7) is 0. The number of hydrogen-bond donors (Lipinski definition) is 1. The predicted molar refractivity (Wildman–Crippen MR) is 60.7 cm³/mol. The van der Waals surface area contributed by atoms with E-state index in [9.17, 15) is 9.59 Å². The number of ether oxygens (including phenoxy) is 1. The zero-order valence-electron chi connectivity index (χ0n) is 9.20. The summed E-state index contributed by atoms with van der Waals surface area (Å²) in [6.07, 6.45) is 2.82. The molecule has 0 spiro atoms. The fourth-order valence-corrected chi connectivity index (χ4v) is 1.95. The number of methoxy groups -OCH3 is 1. The predicted octanol–water partition coefficient (Wildman–Crippen LogP) is 1.04. The largest absolute Gasteiger partial charge is 0.465 e. The van der Waals surface area contributed by atoms with Gasteiger partial charge in [-0.2, -0.15) is 0 Å². The Morgan fingerprint density at radius 2 is 2.18 bits per heavy atom. The summed E-state index contributed by atoms with van der Waals surface area (Å²) in [7, 11) is 1.26. The van der Waals surface area contributed by atoms with E-state index in [2.05, 4.69) is 9.72 Å². The molecule has 0 radical (unpaired) electrons. The SMILES string of the molecule is COC(=O)c1cc(C2(C(N)=O)CC2)cnc1Cl. The van der Waals surface area contributed by atoms with Gasteiger partial charge in [0.1, 0.15) is 5.15 Å². The average molecular weight is 255 g/mol. The summed E-state index contributed by atoms with van der Waals surface area (Å²) in [6, 6.07) is 1.53. The fourth-order valence-electron chi connectivity index (χ4n) is 1.77. The third kappa shape index (κ3) is 1.86. The van der Waals surface area contributed by atoms with Crippen LogP contribution in [0.15, 0.2) is 12.3 Å². The van der Waals surface area contributed by atoms with Crippen LogP contribution in [-0.4, -0.2) is 24.0 Å². The third-order valence-electron chi connectivity index (χ3n) is 3.02. The number of esters is 1. The van der Waals surface area contributed by atoms with E-state index in [0.29, 0.717) is 18.4 Å². The van der Waals surface area contributed by atoms with E-state index in [1.54, 1.807) is 0 Å². The van der Waals surface area contributed by atoms with Crippen LogP contribution in [0.4, 0.5) is 0 Å². The van der Waals surface area contributed by atoms with Gasteiger partial charge in [0.2, 0.25) is 5.91 Å². The van der Waals surface area contributed by atoms with Crippen LogP contribution in [-0.2, 0) is 14.9 Å². The summed E-state index contributed by atoms with van der Waals surface area (Å²) in [5.74, 6) is -0.984. The smallest absolute Gasteiger partial charge is 0.341 e. The maximum atomic E-state index is 11.4. The van der Waals surface area contributed by atoms with Crippen molar-refractivity contribution in [2.24, 2.45) is 5.73 Å². The second-order valence-corrected chi connectivity index (χ2v) is 4.36. The monoisotopic (exact) mass is 254 g/mol. The molecule has 1 aromatic rings. The molecule has 2 N–H and O–H groups in total. The van der Waals surface area contributed by atoms with Crippen LogP contribution in [0.2, 0.25) is 5.15 Å². The molecule has 0 unspecified atom stereocenters. The molecule has 1 aliphatic rings. The summed E-state index contributed by atoms with van der Waals surface area (Å²) in [5.41, 5.74) is 5.44. The number of pyridine rings is 1. The Morgan fingerprint density at radius 1 is 1.53 bits per heavy atom. The van der Waals surface area contributed by atoms with Crippen LogP contribution in [0.3, 0.4) is 0 Å². The standard InChI is InChI=1S/C11H11ClN2O3/c1-17-9(15)7-4-6(5-14-8(7)12)11(2-3-11)10(13)16/h4-5H,2-3H2,1H3,(H2,13,16). The normalized spacial score (nSPS) is 16.4. The molecule has 5 nitrogen and oxygen atoms in total. The minimum atomic E-state index is -0.680. The number of carbonyl (C=O) groups excluding carboxylic acids is 2. The lowest BCUT2D eigenvalue weighted by Gasteiger charge is -2.12. The molecule has 6 heteroatoms. The van der Waals surface area contributed by atoms with Crippen LogP contribution >= 0.6 is 11.6 Å². The molecule has 2 rings (SSSR count). The van der Waals surface area contributed by atoms with E-state index in [-0.39, 0.29) is 10.7 Å². The number of amides is 1. The molecule has 0 atom stereocenters. The highest BCUT2D eigenvalue weighted by atomic mass is 35.5. The van der Waals surface area contributed by atoms with Crippen molar-refractivity contribution in [1.82, 2.24) is 4.98 Å². The van der Waals surface area contributed by atoms with E-state index in [1.807, 2.05) is 0 Å². The average Bonchev–Trinajstić information content (AvgIpc) is 3.10. The van der Waals surface area contributed by atoms with Crippen LogP contribution in [0, 0.1) is 0 Å². The lowest BCUT2D eigenvalue weighted by molar-refractivity contribution is -0.120. The maximum Gasteiger partial charge on any atom is 0.341 e. The zero-order chi connectivity index (χ0) is 12.6. The first-order valence-corrected chi connectivity index (χ1v) is 5.43. The topological polar surface area (TPSA) is 82.3 Å². The molecule has 0 aromatic carbocycles. The van der Waals surface area contributed by atoms with E-state index < -0.39 is 17.3 Å². The van der Waals surface area contributed by atoms with Gasteiger partial charge in [-0.15, -0.1) is 0 Å². The first kappa shape index (κ1) is 11.9. The molecule has 0 saturated heterocycles. The van der Waals surface area contributed by atoms with Crippen molar-refractivity contribution in [1.29, 1.82) is 0 Å². The van der Waals surface area contributed by atoms with E-state index >= 15 is 0 Å². The molecule has 1 saturated carbocycles. The van der Waals surface area contributed by atoms with Gasteiger partial charge in [0, 0.05) is 6.20 Å². The second-order valence-electron chi connectivity index (χ2n) is 4.00. The number of nitrogens with zero attached hydrogens (tertiary/aromatic N) is 1. The Bertz CT molecular complexity index is 497. The minimum Gasteiger partial charge on any atom is -0.465 e. The number of aromatic nitrogens is 1. The van der Waals surface area contributed by atoms with E-state index in [4.69, 9.17) is 17.3 Å². The molecule has 0 aliphatic heterocycles. The van der Waals surface area contributed by atoms with Gasteiger partial charge in [0.05, 0.1) is 18.1 Å². The molecule has 90 valence electrons. The number of hydrogen-bond acceptors (Lipinski definition) is 4. The Hall–Kier alpha value is -1.62. The van der Waals surface area contributed by atoms with Crippen molar-refractivity contribution in [2.75, 3.05) is 7.11 Å². The van der Waals surface area contributed by atoms with E-state index in [0.717, 1.165) is 0 Å². The Morgan fingerprint density at radius 3 is 2.65 bits per heavy atom. The van der Waals surface area contributed by atoms with Crippen molar-refractivity contribution < 1.29 is 14.3 Å². The van der Waals surface area contributed by atoms with Gasteiger partial charge >= 0.3 is 5.97 Å². The van der Waals surface area contributed by atoms with Crippen LogP contribution < -0.4 is 5.73 Å². The number of primary amides is 1. The van der Waals surface area contributed by atoms with E-state index in [1.165, 1.54) is 19.4 Å². The quantitative estimate of drug-likeness (QED) is 0.645. The first-order valence-electron chi connectivity index (χ1n) is 5.05. The number of halogens is 1.